The molecule has 104 valence electrons. The summed E-state index contributed by atoms with van der Waals surface area (Å²) >= 11 is 3.20. The minimum Gasteiger partial charge on any atom is -0.394 e. The second kappa shape index (κ2) is 5.98. The number of halogens is 2. The summed E-state index contributed by atoms with van der Waals surface area (Å²) < 4.78 is 19.5. The SMILES string of the molecule is O=C(NC1(CO)CCOCC1)c1cc(Br)ccc1F. The first kappa shape index (κ1) is 14.4. The third kappa shape index (κ3) is 3.32. The average Bonchev–Trinajstić information content (AvgIpc) is 2.42. The van der Waals surface area contributed by atoms with Crippen LogP contribution in [0.1, 0.15) is 23.2 Å². The topological polar surface area (TPSA) is 58.6 Å². The van der Waals surface area contributed by atoms with Crippen molar-refractivity contribution in [1.82, 2.24) is 5.32 Å². The highest BCUT2D eigenvalue weighted by molar-refractivity contribution is 9.10. The number of ether oxygens (including phenoxy) is 1. The lowest BCUT2D eigenvalue weighted by Gasteiger charge is -2.36. The van der Waals surface area contributed by atoms with E-state index in [1.54, 1.807) is 0 Å². The van der Waals surface area contributed by atoms with E-state index in [1.165, 1.54) is 18.2 Å². The lowest BCUT2D eigenvalue weighted by Crippen LogP contribution is -2.54. The zero-order chi connectivity index (χ0) is 13.9. The van der Waals surface area contributed by atoms with Gasteiger partial charge >= 0.3 is 0 Å². The largest absolute Gasteiger partial charge is 0.394 e. The number of nitrogens with one attached hydrogen (secondary N) is 1. The Labute approximate surface area is 119 Å². The molecule has 4 nitrogen and oxygen atoms in total. The molecule has 1 saturated heterocycles. The molecule has 0 spiro atoms. The van der Waals surface area contributed by atoms with Crippen molar-refractivity contribution in [2.75, 3.05) is 19.8 Å². The summed E-state index contributed by atoms with van der Waals surface area (Å²) in [6.07, 6.45) is 1.04. The molecule has 0 atom stereocenters. The van der Waals surface area contributed by atoms with Crippen LogP contribution >= 0.6 is 15.9 Å². The van der Waals surface area contributed by atoms with Crippen LogP contribution in [0.4, 0.5) is 4.39 Å². The second-order valence-electron chi connectivity index (χ2n) is 4.63. The van der Waals surface area contributed by atoms with Crippen LogP contribution in [-0.4, -0.2) is 36.4 Å². The van der Waals surface area contributed by atoms with E-state index in [2.05, 4.69) is 21.2 Å². The number of aliphatic hydroxyl groups excluding tert-OH is 1. The Balaban J connectivity index is 2.17. The molecule has 1 fully saturated rings. The second-order valence-corrected chi connectivity index (χ2v) is 5.54. The molecule has 0 radical (unpaired) electrons. The van der Waals surface area contributed by atoms with E-state index in [0.717, 1.165) is 0 Å². The van der Waals surface area contributed by atoms with Gasteiger partial charge in [0.05, 0.1) is 17.7 Å². The number of carbonyl (C=O) groups is 1. The fourth-order valence-corrected chi connectivity index (χ4v) is 2.43. The first-order valence-electron chi connectivity index (χ1n) is 6.02. The molecular weight excluding hydrogens is 317 g/mol. The number of hydrogen-bond donors (Lipinski definition) is 2. The third-order valence-electron chi connectivity index (χ3n) is 3.30. The van der Waals surface area contributed by atoms with E-state index in [9.17, 15) is 14.3 Å². The zero-order valence-electron chi connectivity index (χ0n) is 10.3. The van der Waals surface area contributed by atoms with E-state index >= 15 is 0 Å². The first-order chi connectivity index (χ1) is 9.06. The molecule has 1 aliphatic rings. The van der Waals surface area contributed by atoms with Crippen LogP contribution in [0.25, 0.3) is 0 Å². The highest BCUT2D eigenvalue weighted by Gasteiger charge is 2.34. The summed E-state index contributed by atoms with van der Waals surface area (Å²) in [6, 6.07) is 4.19. The van der Waals surface area contributed by atoms with E-state index in [-0.39, 0.29) is 12.2 Å². The Bertz CT molecular complexity index is 475. The first-order valence-corrected chi connectivity index (χ1v) is 6.82. The molecule has 0 bridgehead atoms. The minimum absolute atomic E-state index is 0.0336. The summed E-state index contributed by atoms with van der Waals surface area (Å²) in [5.41, 5.74) is -0.752. The van der Waals surface area contributed by atoms with Gasteiger partial charge in [0, 0.05) is 17.7 Å². The Hall–Kier alpha value is -0.980. The number of hydrogen-bond acceptors (Lipinski definition) is 3. The molecular formula is C13H15BrFNO3. The normalized spacial score (nSPS) is 18.1. The maximum Gasteiger partial charge on any atom is 0.254 e. The Morgan fingerprint density at radius 3 is 2.79 bits per heavy atom. The molecule has 1 aliphatic heterocycles. The molecule has 1 aromatic carbocycles. The monoisotopic (exact) mass is 331 g/mol. The van der Waals surface area contributed by atoms with Gasteiger partial charge in [-0.3, -0.25) is 4.79 Å². The summed E-state index contributed by atoms with van der Waals surface area (Å²) in [5, 5.41) is 12.2. The van der Waals surface area contributed by atoms with Gasteiger partial charge in [-0.2, -0.15) is 0 Å². The van der Waals surface area contributed by atoms with Crippen LogP contribution in [0.5, 0.6) is 0 Å². The standard InChI is InChI=1S/C13H15BrFNO3/c14-9-1-2-11(15)10(7-9)12(18)16-13(8-17)3-5-19-6-4-13/h1-2,7,17H,3-6,8H2,(H,16,18). The highest BCUT2D eigenvalue weighted by Crippen LogP contribution is 2.22. The summed E-state index contributed by atoms with van der Waals surface area (Å²) in [6.45, 7) is 0.765. The summed E-state index contributed by atoms with van der Waals surface area (Å²) in [4.78, 5) is 12.1. The van der Waals surface area contributed by atoms with Crippen molar-refractivity contribution in [3.8, 4) is 0 Å². The molecule has 0 saturated carbocycles. The van der Waals surface area contributed by atoms with Gasteiger partial charge in [-0.15, -0.1) is 0 Å². The molecule has 1 heterocycles. The van der Waals surface area contributed by atoms with Crippen LogP contribution in [0, 0.1) is 5.82 Å². The number of amides is 1. The average molecular weight is 332 g/mol. The van der Waals surface area contributed by atoms with E-state index < -0.39 is 17.3 Å². The van der Waals surface area contributed by atoms with Crippen molar-refractivity contribution < 1.29 is 19.0 Å². The van der Waals surface area contributed by atoms with Gasteiger partial charge in [0.25, 0.3) is 5.91 Å². The maximum atomic E-state index is 13.6. The van der Waals surface area contributed by atoms with Gasteiger partial charge in [0.2, 0.25) is 0 Å². The minimum atomic E-state index is -0.718. The van der Waals surface area contributed by atoms with Crippen LogP contribution in [0.15, 0.2) is 22.7 Å². The fraction of sp³-hybridized carbons (Fsp3) is 0.462. The Kier molecular flexibility index (Phi) is 4.54. The molecule has 0 aromatic heterocycles. The van der Waals surface area contributed by atoms with Crippen molar-refractivity contribution in [3.05, 3.63) is 34.1 Å². The molecule has 6 heteroatoms. The lowest BCUT2D eigenvalue weighted by molar-refractivity contribution is 0.0124. The van der Waals surface area contributed by atoms with Crippen molar-refractivity contribution >= 4 is 21.8 Å². The molecule has 0 unspecified atom stereocenters. The molecule has 2 N–H and O–H groups in total. The molecule has 19 heavy (non-hydrogen) atoms. The van der Waals surface area contributed by atoms with Gasteiger partial charge in [0.1, 0.15) is 5.82 Å². The van der Waals surface area contributed by atoms with Crippen molar-refractivity contribution in [1.29, 1.82) is 0 Å². The quantitative estimate of drug-likeness (QED) is 0.888. The Morgan fingerprint density at radius 1 is 1.47 bits per heavy atom. The van der Waals surface area contributed by atoms with E-state index in [4.69, 9.17) is 4.74 Å². The van der Waals surface area contributed by atoms with Gasteiger partial charge < -0.3 is 15.2 Å². The summed E-state index contributed by atoms with van der Waals surface area (Å²) in [5.74, 6) is -1.10. The number of carbonyl (C=O) groups excluding carboxylic acids is 1. The predicted octanol–water partition coefficient (Wildman–Crippen LogP) is 1.86. The van der Waals surface area contributed by atoms with Crippen LogP contribution in [0.2, 0.25) is 0 Å². The Morgan fingerprint density at radius 2 is 2.16 bits per heavy atom. The highest BCUT2D eigenvalue weighted by atomic mass is 79.9. The zero-order valence-corrected chi connectivity index (χ0v) is 11.9. The smallest absolute Gasteiger partial charge is 0.254 e. The van der Waals surface area contributed by atoms with Gasteiger partial charge in [-0.05, 0) is 31.0 Å². The van der Waals surface area contributed by atoms with Gasteiger partial charge in [0.15, 0.2) is 0 Å². The summed E-state index contributed by atoms with van der Waals surface area (Å²) in [7, 11) is 0. The van der Waals surface area contributed by atoms with Gasteiger partial charge in [-0.1, -0.05) is 15.9 Å². The van der Waals surface area contributed by atoms with Crippen molar-refractivity contribution in [3.63, 3.8) is 0 Å². The van der Waals surface area contributed by atoms with Crippen LogP contribution in [0.3, 0.4) is 0 Å². The van der Waals surface area contributed by atoms with Crippen LogP contribution in [-0.2, 0) is 4.74 Å². The predicted molar refractivity (Wildman–Crippen MR) is 71.4 cm³/mol. The fourth-order valence-electron chi connectivity index (χ4n) is 2.06. The lowest BCUT2D eigenvalue weighted by atomic mass is 9.90. The third-order valence-corrected chi connectivity index (χ3v) is 3.80. The molecule has 0 aliphatic carbocycles. The van der Waals surface area contributed by atoms with Crippen molar-refractivity contribution in [2.24, 2.45) is 0 Å². The molecule has 1 amide bonds. The van der Waals surface area contributed by atoms with Gasteiger partial charge in [-0.25, -0.2) is 4.39 Å². The number of rotatable bonds is 3. The molecule has 2 rings (SSSR count). The van der Waals surface area contributed by atoms with Crippen LogP contribution < -0.4 is 5.32 Å². The number of aliphatic hydroxyl groups is 1. The van der Waals surface area contributed by atoms with E-state index in [1.807, 2.05) is 0 Å². The van der Waals surface area contributed by atoms with Crippen molar-refractivity contribution in [2.45, 2.75) is 18.4 Å². The maximum absolute atomic E-state index is 13.6. The molecule has 1 aromatic rings. The van der Waals surface area contributed by atoms with E-state index in [0.29, 0.717) is 30.5 Å². The number of benzene rings is 1.